The summed E-state index contributed by atoms with van der Waals surface area (Å²) in [6.45, 7) is 0. The molecule has 0 aliphatic carbocycles. The summed E-state index contributed by atoms with van der Waals surface area (Å²) in [5, 5.41) is 4.80. The fourth-order valence-electron chi connectivity index (χ4n) is 1.49. The van der Waals surface area contributed by atoms with Crippen LogP contribution in [0.2, 0.25) is 0 Å². The van der Waals surface area contributed by atoms with Crippen LogP contribution in [0.4, 0.5) is 5.69 Å². The highest BCUT2D eigenvalue weighted by Crippen LogP contribution is 2.35. The van der Waals surface area contributed by atoms with Gasteiger partial charge in [-0.15, -0.1) is 4.91 Å². The van der Waals surface area contributed by atoms with Crippen molar-refractivity contribution in [2.45, 2.75) is 0 Å². The first-order valence-electron chi connectivity index (χ1n) is 4.26. The smallest absolute Gasteiger partial charge is 0.157 e. The predicted molar refractivity (Wildman–Crippen MR) is 56.0 cm³/mol. The van der Waals surface area contributed by atoms with Crippen LogP contribution in [-0.2, 0) is 0 Å². The highest BCUT2D eigenvalue weighted by molar-refractivity contribution is 5.95. The molecule has 3 nitrogen and oxygen atoms in total. The Kier molecular flexibility index (Phi) is 2.14. The number of fused-ring (bicyclic) bond motifs is 1. The second-order valence-electron chi connectivity index (χ2n) is 2.93. The average molecular weight is 187 g/mol. The molecular weight excluding hydrogens is 178 g/mol. The Labute approximate surface area is 81.3 Å². The van der Waals surface area contributed by atoms with E-state index in [-0.39, 0.29) is 0 Å². The minimum Gasteiger partial charge on any atom is -0.494 e. The fourth-order valence-corrected chi connectivity index (χ4v) is 1.49. The second kappa shape index (κ2) is 3.46. The SMILES string of the molecule is COc1ccc2ccccc2c1N=O. The number of hydrogen-bond donors (Lipinski definition) is 0. The molecule has 2 aromatic carbocycles. The van der Waals surface area contributed by atoms with Crippen molar-refractivity contribution in [3.8, 4) is 5.75 Å². The van der Waals surface area contributed by atoms with E-state index < -0.39 is 0 Å². The zero-order valence-corrected chi connectivity index (χ0v) is 7.73. The molecule has 0 unspecified atom stereocenters. The van der Waals surface area contributed by atoms with Crippen LogP contribution in [0.3, 0.4) is 0 Å². The summed E-state index contributed by atoms with van der Waals surface area (Å²) in [6, 6.07) is 11.2. The Morgan fingerprint density at radius 3 is 2.64 bits per heavy atom. The van der Waals surface area contributed by atoms with Crippen molar-refractivity contribution >= 4 is 16.5 Å². The van der Waals surface area contributed by atoms with Crippen LogP contribution in [0.25, 0.3) is 10.8 Å². The zero-order valence-electron chi connectivity index (χ0n) is 7.73. The lowest BCUT2D eigenvalue weighted by Gasteiger charge is -2.04. The summed E-state index contributed by atoms with van der Waals surface area (Å²) in [4.78, 5) is 10.7. The Morgan fingerprint density at radius 1 is 1.14 bits per heavy atom. The molecule has 0 spiro atoms. The molecule has 14 heavy (non-hydrogen) atoms. The fraction of sp³-hybridized carbons (Fsp3) is 0.0909. The van der Waals surface area contributed by atoms with E-state index in [0.717, 1.165) is 10.8 Å². The molecule has 0 bridgehead atoms. The normalized spacial score (nSPS) is 10.1. The van der Waals surface area contributed by atoms with Gasteiger partial charge in [-0.25, -0.2) is 0 Å². The van der Waals surface area contributed by atoms with Gasteiger partial charge in [0.2, 0.25) is 0 Å². The summed E-state index contributed by atoms with van der Waals surface area (Å²) >= 11 is 0. The molecule has 2 rings (SSSR count). The quantitative estimate of drug-likeness (QED) is 0.677. The molecular formula is C11H9NO2. The molecule has 0 radical (unpaired) electrons. The van der Waals surface area contributed by atoms with E-state index in [1.54, 1.807) is 6.07 Å². The van der Waals surface area contributed by atoms with Gasteiger partial charge < -0.3 is 4.74 Å². The third kappa shape index (κ3) is 1.23. The molecule has 70 valence electrons. The predicted octanol–water partition coefficient (Wildman–Crippen LogP) is 3.25. The van der Waals surface area contributed by atoms with Gasteiger partial charge in [-0.3, -0.25) is 0 Å². The van der Waals surface area contributed by atoms with E-state index >= 15 is 0 Å². The third-order valence-electron chi connectivity index (χ3n) is 2.17. The van der Waals surface area contributed by atoms with Gasteiger partial charge in [0.15, 0.2) is 5.69 Å². The zero-order chi connectivity index (χ0) is 9.97. The first kappa shape index (κ1) is 8.69. The lowest BCUT2D eigenvalue weighted by Crippen LogP contribution is -1.83. The van der Waals surface area contributed by atoms with Crippen molar-refractivity contribution in [1.82, 2.24) is 0 Å². The number of hydrogen-bond acceptors (Lipinski definition) is 3. The summed E-state index contributed by atoms with van der Waals surface area (Å²) in [6.07, 6.45) is 0. The maximum absolute atomic E-state index is 10.7. The van der Waals surface area contributed by atoms with Crippen molar-refractivity contribution in [3.05, 3.63) is 41.3 Å². The minimum atomic E-state index is 0.366. The maximum atomic E-state index is 10.7. The number of methoxy groups -OCH3 is 1. The van der Waals surface area contributed by atoms with Crippen LogP contribution < -0.4 is 4.74 Å². The molecule has 3 heteroatoms. The summed E-state index contributed by atoms with van der Waals surface area (Å²) in [5.74, 6) is 0.513. The first-order chi connectivity index (χ1) is 6.86. The molecule has 0 fully saturated rings. The molecule has 0 heterocycles. The van der Waals surface area contributed by atoms with Crippen molar-refractivity contribution in [2.75, 3.05) is 7.11 Å². The number of rotatable bonds is 2. The second-order valence-corrected chi connectivity index (χ2v) is 2.93. The number of nitrogens with zero attached hydrogens (tertiary/aromatic N) is 1. The molecule has 0 N–H and O–H groups in total. The molecule has 0 aliphatic heterocycles. The van der Waals surface area contributed by atoms with Crippen LogP contribution in [0, 0.1) is 4.91 Å². The van der Waals surface area contributed by atoms with Crippen LogP contribution >= 0.6 is 0 Å². The molecule has 0 saturated heterocycles. The number of nitroso groups, excluding NO2 is 1. The van der Waals surface area contributed by atoms with Crippen LogP contribution in [0.1, 0.15) is 0 Å². The van der Waals surface area contributed by atoms with Gasteiger partial charge in [0, 0.05) is 5.39 Å². The van der Waals surface area contributed by atoms with Gasteiger partial charge in [-0.05, 0) is 16.6 Å². The average Bonchev–Trinajstić information content (AvgIpc) is 2.27. The minimum absolute atomic E-state index is 0.366. The van der Waals surface area contributed by atoms with Gasteiger partial charge >= 0.3 is 0 Å². The highest BCUT2D eigenvalue weighted by Gasteiger charge is 2.07. The van der Waals surface area contributed by atoms with E-state index in [1.807, 2.05) is 30.3 Å². The van der Waals surface area contributed by atoms with Crippen molar-refractivity contribution in [1.29, 1.82) is 0 Å². The molecule has 0 aromatic heterocycles. The third-order valence-corrected chi connectivity index (χ3v) is 2.17. The van der Waals surface area contributed by atoms with Crippen LogP contribution in [0.5, 0.6) is 5.75 Å². The van der Waals surface area contributed by atoms with E-state index in [0.29, 0.717) is 11.4 Å². The monoisotopic (exact) mass is 187 g/mol. The van der Waals surface area contributed by atoms with E-state index in [1.165, 1.54) is 7.11 Å². The van der Waals surface area contributed by atoms with Crippen molar-refractivity contribution in [2.24, 2.45) is 5.18 Å². The van der Waals surface area contributed by atoms with Gasteiger partial charge in [-0.2, -0.15) is 0 Å². The standard InChI is InChI=1S/C11H9NO2/c1-14-10-7-6-8-4-2-3-5-9(8)11(10)12-13/h2-7H,1H3. The van der Waals surface area contributed by atoms with Crippen molar-refractivity contribution in [3.63, 3.8) is 0 Å². The first-order valence-corrected chi connectivity index (χ1v) is 4.26. The Hall–Kier alpha value is -1.90. The van der Waals surface area contributed by atoms with Gasteiger partial charge in [0.1, 0.15) is 5.75 Å². The number of benzene rings is 2. The van der Waals surface area contributed by atoms with E-state index in [4.69, 9.17) is 4.74 Å². The molecule has 2 aromatic rings. The Bertz CT molecular complexity index is 480. The molecule has 0 amide bonds. The topological polar surface area (TPSA) is 38.7 Å². The lowest BCUT2D eigenvalue weighted by atomic mass is 10.1. The Morgan fingerprint density at radius 2 is 1.93 bits per heavy atom. The van der Waals surface area contributed by atoms with Gasteiger partial charge in [0.05, 0.1) is 7.11 Å². The maximum Gasteiger partial charge on any atom is 0.157 e. The Balaban J connectivity index is 2.83. The highest BCUT2D eigenvalue weighted by atomic mass is 16.5. The summed E-state index contributed by atoms with van der Waals surface area (Å²) < 4.78 is 5.05. The van der Waals surface area contributed by atoms with Gasteiger partial charge in [0.25, 0.3) is 0 Å². The van der Waals surface area contributed by atoms with Crippen LogP contribution in [-0.4, -0.2) is 7.11 Å². The molecule has 0 saturated carbocycles. The lowest BCUT2D eigenvalue weighted by molar-refractivity contribution is 0.416. The summed E-state index contributed by atoms with van der Waals surface area (Å²) in [7, 11) is 1.53. The van der Waals surface area contributed by atoms with E-state index in [2.05, 4.69) is 5.18 Å². The summed E-state index contributed by atoms with van der Waals surface area (Å²) in [5.41, 5.74) is 0.366. The molecule has 0 atom stereocenters. The number of ether oxygens (including phenoxy) is 1. The van der Waals surface area contributed by atoms with Gasteiger partial charge in [-0.1, -0.05) is 30.3 Å². The van der Waals surface area contributed by atoms with Crippen molar-refractivity contribution < 1.29 is 4.74 Å². The molecule has 0 aliphatic rings. The largest absolute Gasteiger partial charge is 0.494 e. The van der Waals surface area contributed by atoms with Crippen LogP contribution in [0.15, 0.2) is 41.6 Å². The van der Waals surface area contributed by atoms with E-state index in [9.17, 15) is 4.91 Å².